The van der Waals surface area contributed by atoms with E-state index in [1.54, 1.807) is 0 Å². The fourth-order valence-electron chi connectivity index (χ4n) is 7.34. The first-order valence-electron chi connectivity index (χ1n) is 23.5. The number of carbonyl (C=O) groups is 2. The van der Waals surface area contributed by atoms with E-state index in [1.807, 2.05) is 0 Å². The van der Waals surface area contributed by atoms with Gasteiger partial charge in [0.25, 0.3) is 0 Å². The van der Waals surface area contributed by atoms with E-state index in [1.165, 1.54) is 154 Å². The van der Waals surface area contributed by atoms with E-state index in [9.17, 15) is 9.59 Å². The summed E-state index contributed by atoms with van der Waals surface area (Å²) in [6.45, 7) is 15.9. The van der Waals surface area contributed by atoms with Crippen molar-refractivity contribution < 1.29 is 19.1 Å². The molecule has 0 aliphatic rings. The molecule has 0 unspecified atom stereocenters. The zero-order chi connectivity index (χ0) is 39.1. The third kappa shape index (κ3) is 37.6. The molecule has 316 valence electrons. The first kappa shape index (κ1) is 51.9. The number of hydrogen-bond donors (Lipinski definition) is 1. The zero-order valence-corrected chi connectivity index (χ0v) is 36.6. The fourth-order valence-corrected chi connectivity index (χ4v) is 7.34. The SMILES string of the molecule is CCCCCCCCCOC(=O)CCCCCCCN(CCCCCCCC(=O)OC(CCCCCCCC)CCCCCCCC)CC(C)(C)CN. The van der Waals surface area contributed by atoms with Crippen LogP contribution in [0.4, 0.5) is 0 Å². The summed E-state index contributed by atoms with van der Waals surface area (Å²) in [5.74, 6) is 0.0123. The normalized spacial score (nSPS) is 11.9. The van der Waals surface area contributed by atoms with E-state index in [0.29, 0.717) is 26.0 Å². The highest BCUT2D eigenvalue weighted by atomic mass is 16.5. The molecule has 0 saturated carbocycles. The van der Waals surface area contributed by atoms with Gasteiger partial charge < -0.3 is 20.1 Å². The minimum atomic E-state index is -0.0163. The zero-order valence-electron chi connectivity index (χ0n) is 36.6. The maximum Gasteiger partial charge on any atom is 0.306 e. The van der Waals surface area contributed by atoms with Gasteiger partial charge in [-0.05, 0) is 82.8 Å². The average Bonchev–Trinajstić information content (AvgIpc) is 3.14. The van der Waals surface area contributed by atoms with Crippen LogP contribution < -0.4 is 5.73 Å². The Hall–Kier alpha value is -1.14. The maximum atomic E-state index is 12.8. The third-order valence-electron chi connectivity index (χ3n) is 11.0. The van der Waals surface area contributed by atoms with Gasteiger partial charge in [-0.15, -0.1) is 0 Å². The first-order valence-corrected chi connectivity index (χ1v) is 23.5. The molecule has 0 amide bonds. The lowest BCUT2D eigenvalue weighted by Gasteiger charge is -2.32. The van der Waals surface area contributed by atoms with E-state index >= 15 is 0 Å². The summed E-state index contributed by atoms with van der Waals surface area (Å²) >= 11 is 0. The molecule has 0 aromatic rings. The number of unbranched alkanes of at least 4 members (excludes halogenated alkanes) is 24. The van der Waals surface area contributed by atoms with E-state index in [2.05, 4.69) is 39.5 Å². The molecule has 6 nitrogen and oxygen atoms in total. The molecular weight excluding hydrogens is 657 g/mol. The van der Waals surface area contributed by atoms with Crippen molar-refractivity contribution in [3.05, 3.63) is 0 Å². The molecule has 0 bridgehead atoms. The smallest absolute Gasteiger partial charge is 0.306 e. The Labute approximate surface area is 331 Å². The largest absolute Gasteiger partial charge is 0.466 e. The van der Waals surface area contributed by atoms with Gasteiger partial charge in [0.15, 0.2) is 0 Å². The van der Waals surface area contributed by atoms with Gasteiger partial charge in [-0.25, -0.2) is 0 Å². The van der Waals surface area contributed by atoms with E-state index in [-0.39, 0.29) is 23.5 Å². The Balaban J connectivity index is 4.22. The van der Waals surface area contributed by atoms with E-state index in [4.69, 9.17) is 15.2 Å². The summed E-state index contributed by atoms with van der Waals surface area (Å²) in [7, 11) is 0. The van der Waals surface area contributed by atoms with Crippen LogP contribution in [0.2, 0.25) is 0 Å². The second-order valence-electron chi connectivity index (χ2n) is 17.2. The van der Waals surface area contributed by atoms with Crippen molar-refractivity contribution in [1.29, 1.82) is 0 Å². The monoisotopic (exact) mass is 751 g/mol. The second kappa shape index (κ2) is 39.1. The predicted octanol–water partition coefficient (Wildman–Crippen LogP) is 13.7. The Bertz CT molecular complexity index is 773. The Morgan fingerprint density at radius 3 is 1.34 bits per heavy atom. The molecule has 0 radical (unpaired) electrons. The van der Waals surface area contributed by atoms with Crippen molar-refractivity contribution in [2.75, 3.05) is 32.8 Å². The second-order valence-corrected chi connectivity index (χ2v) is 17.2. The summed E-state index contributed by atoms with van der Waals surface area (Å²) in [5.41, 5.74) is 6.23. The maximum absolute atomic E-state index is 12.8. The topological polar surface area (TPSA) is 81.9 Å². The highest BCUT2D eigenvalue weighted by Gasteiger charge is 2.20. The number of hydrogen-bond acceptors (Lipinski definition) is 6. The molecular formula is C47H94N2O4. The lowest BCUT2D eigenvalue weighted by molar-refractivity contribution is -0.150. The number of esters is 2. The molecule has 0 aliphatic heterocycles. The Morgan fingerprint density at radius 1 is 0.509 bits per heavy atom. The van der Waals surface area contributed by atoms with Gasteiger partial charge in [0.2, 0.25) is 0 Å². The van der Waals surface area contributed by atoms with E-state index < -0.39 is 0 Å². The van der Waals surface area contributed by atoms with Crippen LogP contribution in [0.3, 0.4) is 0 Å². The summed E-state index contributed by atoms with van der Waals surface area (Å²) in [6, 6.07) is 0. The lowest BCUT2D eigenvalue weighted by Crippen LogP contribution is -2.39. The number of nitrogens with two attached hydrogens (primary N) is 1. The van der Waals surface area contributed by atoms with Crippen molar-refractivity contribution in [3.8, 4) is 0 Å². The minimum absolute atomic E-state index is 0.0163. The number of rotatable bonds is 42. The predicted molar refractivity (Wildman–Crippen MR) is 229 cm³/mol. The van der Waals surface area contributed by atoms with Crippen LogP contribution in [0.1, 0.15) is 247 Å². The molecule has 0 rings (SSSR count). The third-order valence-corrected chi connectivity index (χ3v) is 11.0. The van der Waals surface area contributed by atoms with Crippen molar-refractivity contribution >= 4 is 11.9 Å². The van der Waals surface area contributed by atoms with Crippen molar-refractivity contribution in [3.63, 3.8) is 0 Å². The summed E-state index contributed by atoms with van der Waals surface area (Å²) in [4.78, 5) is 27.5. The molecule has 0 spiro atoms. The molecule has 53 heavy (non-hydrogen) atoms. The van der Waals surface area contributed by atoms with E-state index in [0.717, 1.165) is 64.6 Å². The molecule has 0 atom stereocenters. The van der Waals surface area contributed by atoms with Crippen LogP contribution in [-0.4, -0.2) is 55.7 Å². The summed E-state index contributed by atoms with van der Waals surface area (Å²) in [5, 5.41) is 0. The minimum Gasteiger partial charge on any atom is -0.466 e. The van der Waals surface area contributed by atoms with Gasteiger partial charge in [-0.2, -0.15) is 0 Å². The highest BCUT2D eigenvalue weighted by molar-refractivity contribution is 5.69. The number of nitrogens with zero attached hydrogens (tertiary/aromatic N) is 1. The average molecular weight is 751 g/mol. The fraction of sp³-hybridized carbons (Fsp3) is 0.957. The lowest BCUT2D eigenvalue weighted by atomic mass is 9.92. The molecule has 0 aliphatic carbocycles. The van der Waals surface area contributed by atoms with Gasteiger partial charge in [0.1, 0.15) is 6.10 Å². The summed E-state index contributed by atoms with van der Waals surface area (Å²) < 4.78 is 11.5. The van der Waals surface area contributed by atoms with Crippen molar-refractivity contribution in [2.24, 2.45) is 11.1 Å². The van der Waals surface area contributed by atoms with Crippen LogP contribution in [0.5, 0.6) is 0 Å². The van der Waals surface area contributed by atoms with Crippen LogP contribution in [0, 0.1) is 5.41 Å². The summed E-state index contributed by atoms with van der Waals surface area (Å²) in [6.07, 6.45) is 38.8. The van der Waals surface area contributed by atoms with Crippen LogP contribution in [0.15, 0.2) is 0 Å². The Kier molecular flexibility index (Phi) is 38.3. The quantitative estimate of drug-likeness (QED) is 0.0494. The van der Waals surface area contributed by atoms with Crippen LogP contribution in [0.25, 0.3) is 0 Å². The first-order chi connectivity index (χ1) is 25.8. The Morgan fingerprint density at radius 2 is 0.887 bits per heavy atom. The molecule has 0 fully saturated rings. The van der Waals surface area contributed by atoms with Gasteiger partial charge in [0, 0.05) is 19.4 Å². The standard InChI is InChI=1S/C47H94N2O4/c1-6-9-12-15-18-27-34-41-52-45(50)37-30-23-19-25-32-39-49(43-47(4,5)42-48)40-33-26-20-24-31-38-46(51)53-44(35-28-21-16-13-10-7-2)36-29-22-17-14-11-8-3/h44H,6-43,48H2,1-5H3. The highest BCUT2D eigenvalue weighted by Crippen LogP contribution is 2.20. The van der Waals surface area contributed by atoms with Gasteiger partial charge in [-0.3, -0.25) is 9.59 Å². The van der Waals surface area contributed by atoms with Crippen LogP contribution >= 0.6 is 0 Å². The molecule has 6 heteroatoms. The van der Waals surface area contributed by atoms with Crippen molar-refractivity contribution in [1.82, 2.24) is 4.90 Å². The molecule has 0 heterocycles. The van der Waals surface area contributed by atoms with Gasteiger partial charge in [-0.1, -0.05) is 176 Å². The molecule has 0 saturated heterocycles. The molecule has 0 aromatic carbocycles. The number of carbonyl (C=O) groups excluding carboxylic acids is 2. The molecule has 0 aromatic heterocycles. The molecule has 2 N–H and O–H groups in total. The van der Waals surface area contributed by atoms with Gasteiger partial charge >= 0.3 is 11.9 Å². The van der Waals surface area contributed by atoms with Crippen molar-refractivity contribution in [2.45, 2.75) is 253 Å². The van der Waals surface area contributed by atoms with Gasteiger partial charge in [0.05, 0.1) is 6.61 Å². The van der Waals surface area contributed by atoms with Crippen LogP contribution in [-0.2, 0) is 19.1 Å². The number of ether oxygens (including phenoxy) is 2.